The van der Waals surface area contributed by atoms with Crippen molar-refractivity contribution in [3.8, 4) is 11.6 Å². The molecule has 0 bridgehead atoms. The van der Waals surface area contributed by atoms with Crippen LogP contribution in [0.2, 0.25) is 0 Å². The lowest BCUT2D eigenvalue weighted by Gasteiger charge is -2.28. The molecule has 1 aliphatic heterocycles. The molecule has 0 saturated carbocycles. The molecular weight excluding hydrogens is 356 g/mol. The Hall–Kier alpha value is -2.67. The molecule has 1 amide bonds. The molecule has 0 aliphatic carbocycles. The van der Waals surface area contributed by atoms with Crippen molar-refractivity contribution < 1.29 is 14.3 Å². The van der Waals surface area contributed by atoms with Crippen molar-refractivity contribution >= 4 is 11.7 Å². The predicted molar refractivity (Wildman–Crippen MR) is 108 cm³/mol. The van der Waals surface area contributed by atoms with Crippen molar-refractivity contribution in [2.24, 2.45) is 0 Å². The van der Waals surface area contributed by atoms with Gasteiger partial charge in [-0.3, -0.25) is 4.79 Å². The van der Waals surface area contributed by atoms with Gasteiger partial charge >= 0.3 is 0 Å². The van der Waals surface area contributed by atoms with E-state index in [1.807, 2.05) is 6.92 Å². The number of ether oxygens (including phenoxy) is 2. The predicted octanol–water partition coefficient (Wildman–Crippen LogP) is 3.42. The standard InChI is InChI=1S/C21H28N4O3/c1-2-27-16-6-11-23-20(26)17-7-9-18(10-8-17)28-21-19(22-12-13-24-21)25-14-4-3-5-15-25/h7-10,12-13H,2-6,11,14-16H2,1H3,(H,23,26). The Balaban J connectivity index is 1.58. The molecular formula is C21H28N4O3. The second-order valence-corrected chi connectivity index (χ2v) is 6.67. The lowest BCUT2D eigenvalue weighted by atomic mass is 10.1. The van der Waals surface area contributed by atoms with Crippen molar-refractivity contribution in [3.05, 3.63) is 42.2 Å². The number of anilines is 1. The fourth-order valence-electron chi connectivity index (χ4n) is 3.12. The van der Waals surface area contributed by atoms with Crippen LogP contribution in [0, 0.1) is 0 Å². The minimum Gasteiger partial charge on any atom is -0.436 e. The first kappa shape index (κ1) is 20.1. The summed E-state index contributed by atoms with van der Waals surface area (Å²) in [5.74, 6) is 1.80. The van der Waals surface area contributed by atoms with Gasteiger partial charge in [-0.15, -0.1) is 0 Å². The van der Waals surface area contributed by atoms with Gasteiger partial charge in [0.25, 0.3) is 11.8 Å². The molecule has 1 saturated heterocycles. The highest BCUT2D eigenvalue weighted by Crippen LogP contribution is 2.29. The molecule has 1 aromatic carbocycles. The van der Waals surface area contributed by atoms with Crippen LogP contribution in [0.5, 0.6) is 11.6 Å². The first-order chi connectivity index (χ1) is 13.8. The lowest BCUT2D eigenvalue weighted by molar-refractivity contribution is 0.0944. The van der Waals surface area contributed by atoms with Crippen LogP contribution in [0.4, 0.5) is 5.82 Å². The molecule has 1 N–H and O–H groups in total. The second kappa shape index (κ2) is 10.6. The van der Waals surface area contributed by atoms with E-state index in [1.165, 1.54) is 6.42 Å². The van der Waals surface area contributed by atoms with Gasteiger partial charge in [-0.25, -0.2) is 9.97 Å². The summed E-state index contributed by atoms with van der Waals surface area (Å²) in [4.78, 5) is 23.2. The summed E-state index contributed by atoms with van der Waals surface area (Å²) >= 11 is 0. The number of benzene rings is 1. The molecule has 7 heteroatoms. The molecule has 0 spiro atoms. The third-order valence-corrected chi connectivity index (χ3v) is 4.59. The molecule has 7 nitrogen and oxygen atoms in total. The zero-order chi connectivity index (χ0) is 19.6. The summed E-state index contributed by atoms with van der Waals surface area (Å²) in [6.07, 6.45) is 7.69. The quantitative estimate of drug-likeness (QED) is 0.668. The zero-order valence-electron chi connectivity index (χ0n) is 16.4. The van der Waals surface area contributed by atoms with Crippen molar-refractivity contribution in [2.75, 3.05) is 37.7 Å². The van der Waals surface area contributed by atoms with Gasteiger partial charge < -0.3 is 19.7 Å². The highest BCUT2D eigenvalue weighted by atomic mass is 16.5. The highest BCUT2D eigenvalue weighted by Gasteiger charge is 2.18. The van der Waals surface area contributed by atoms with Gasteiger partial charge in [-0.05, 0) is 56.9 Å². The van der Waals surface area contributed by atoms with Crippen LogP contribution in [0.25, 0.3) is 0 Å². The number of hydrogen-bond donors (Lipinski definition) is 1. The van der Waals surface area contributed by atoms with Crippen LogP contribution in [0.15, 0.2) is 36.7 Å². The summed E-state index contributed by atoms with van der Waals surface area (Å²) in [6.45, 7) is 5.84. The Morgan fingerprint density at radius 1 is 1.11 bits per heavy atom. The summed E-state index contributed by atoms with van der Waals surface area (Å²) < 4.78 is 11.2. The van der Waals surface area contributed by atoms with Crippen molar-refractivity contribution in [1.29, 1.82) is 0 Å². The summed E-state index contributed by atoms with van der Waals surface area (Å²) in [7, 11) is 0. The molecule has 0 unspecified atom stereocenters. The van der Waals surface area contributed by atoms with E-state index in [0.29, 0.717) is 37.0 Å². The maximum atomic E-state index is 12.2. The molecule has 0 atom stereocenters. The van der Waals surface area contributed by atoms with Gasteiger partial charge in [-0.2, -0.15) is 0 Å². The molecule has 1 aromatic heterocycles. The van der Waals surface area contributed by atoms with E-state index in [4.69, 9.17) is 9.47 Å². The van der Waals surface area contributed by atoms with Gasteiger partial charge in [0.2, 0.25) is 0 Å². The Morgan fingerprint density at radius 2 is 1.86 bits per heavy atom. The third kappa shape index (κ3) is 5.66. The number of piperidine rings is 1. The van der Waals surface area contributed by atoms with Crippen molar-refractivity contribution in [2.45, 2.75) is 32.6 Å². The Kier molecular flexibility index (Phi) is 7.61. The molecule has 3 rings (SSSR count). The SMILES string of the molecule is CCOCCCNC(=O)c1ccc(Oc2nccnc2N2CCCCC2)cc1. The van der Waals surface area contributed by atoms with Gasteiger partial charge in [0.05, 0.1) is 0 Å². The number of amides is 1. The van der Waals surface area contributed by atoms with Gasteiger partial charge in [0.1, 0.15) is 5.75 Å². The van der Waals surface area contributed by atoms with Crippen LogP contribution in [0.3, 0.4) is 0 Å². The highest BCUT2D eigenvalue weighted by molar-refractivity contribution is 5.94. The molecule has 0 radical (unpaired) electrons. The van der Waals surface area contributed by atoms with E-state index in [1.54, 1.807) is 36.7 Å². The van der Waals surface area contributed by atoms with Crippen LogP contribution >= 0.6 is 0 Å². The summed E-state index contributed by atoms with van der Waals surface area (Å²) in [6, 6.07) is 7.07. The lowest BCUT2D eigenvalue weighted by Crippen LogP contribution is -2.30. The topological polar surface area (TPSA) is 76.6 Å². The van der Waals surface area contributed by atoms with Gasteiger partial charge in [0, 0.05) is 50.8 Å². The zero-order valence-corrected chi connectivity index (χ0v) is 16.4. The number of aromatic nitrogens is 2. The Bertz CT molecular complexity index is 746. The molecule has 28 heavy (non-hydrogen) atoms. The number of nitrogens with zero attached hydrogens (tertiary/aromatic N) is 3. The average molecular weight is 384 g/mol. The number of nitrogens with one attached hydrogen (secondary N) is 1. The first-order valence-corrected chi connectivity index (χ1v) is 9.97. The third-order valence-electron chi connectivity index (χ3n) is 4.59. The maximum absolute atomic E-state index is 12.2. The fourth-order valence-corrected chi connectivity index (χ4v) is 3.12. The number of carbonyl (C=O) groups excluding carboxylic acids is 1. The van der Waals surface area contributed by atoms with Crippen molar-refractivity contribution in [1.82, 2.24) is 15.3 Å². The summed E-state index contributed by atoms with van der Waals surface area (Å²) in [5.41, 5.74) is 0.596. The minimum atomic E-state index is -0.100. The molecule has 2 aromatic rings. The smallest absolute Gasteiger partial charge is 0.263 e. The first-order valence-electron chi connectivity index (χ1n) is 9.97. The normalized spacial score (nSPS) is 14.0. The van der Waals surface area contributed by atoms with E-state index in [0.717, 1.165) is 38.2 Å². The Labute approximate surface area is 166 Å². The number of rotatable bonds is 9. The van der Waals surface area contributed by atoms with Crippen LogP contribution in [-0.4, -0.2) is 48.7 Å². The summed E-state index contributed by atoms with van der Waals surface area (Å²) in [5, 5.41) is 2.89. The molecule has 1 aliphatic rings. The largest absolute Gasteiger partial charge is 0.436 e. The van der Waals surface area contributed by atoms with Crippen molar-refractivity contribution in [3.63, 3.8) is 0 Å². The second-order valence-electron chi connectivity index (χ2n) is 6.67. The molecule has 150 valence electrons. The molecule has 1 fully saturated rings. The van der Waals surface area contributed by atoms with E-state index < -0.39 is 0 Å². The fraction of sp³-hybridized carbons (Fsp3) is 0.476. The van der Waals surface area contributed by atoms with E-state index >= 15 is 0 Å². The molecule has 2 heterocycles. The van der Waals surface area contributed by atoms with Crippen LogP contribution in [-0.2, 0) is 4.74 Å². The Morgan fingerprint density at radius 3 is 2.61 bits per heavy atom. The maximum Gasteiger partial charge on any atom is 0.263 e. The van der Waals surface area contributed by atoms with Crippen LogP contribution in [0.1, 0.15) is 43.0 Å². The van der Waals surface area contributed by atoms with E-state index in [9.17, 15) is 4.79 Å². The minimum absolute atomic E-state index is 0.100. The van der Waals surface area contributed by atoms with E-state index in [-0.39, 0.29) is 5.91 Å². The van der Waals surface area contributed by atoms with E-state index in [2.05, 4.69) is 20.2 Å². The van der Waals surface area contributed by atoms with Gasteiger partial charge in [-0.1, -0.05) is 0 Å². The van der Waals surface area contributed by atoms with Gasteiger partial charge in [0.15, 0.2) is 5.82 Å². The average Bonchev–Trinajstić information content (AvgIpc) is 2.75. The number of hydrogen-bond acceptors (Lipinski definition) is 6. The monoisotopic (exact) mass is 384 g/mol. The van der Waals surface area contributed by atoms with Crippen LogP contribution < -0.4 is 15.0 Å². The number of carbonyl (C=O) groups is 1.